The Morgan fingerprint density at radius 2 is 0.621 bits per heavy atom. The molecule has 1 atom stereocenters. The van der Waals surface area contributed by atoms with Crippen molar-refractivity contribution >= 4 is 17.9 Å². The summed E-state index contributed by atoms with van der Waals surface area (Å²) in [4.78, 5) is 37.8. The van der Waals surface area contributed by atoms with E-state index in [1.165, 1.54) is 161 Å². The van der Waals surface area contributed by atoms with Crippen LogP contribution in [0.3, 0.4) is 0 Å². The first kappa shape index (κ1) is 55.9. The lowest BCUT2D eigenvalue weighted by Crippen LogP contribution is -2.30. The lowest BCUT2D eigenvalue weighted by molar-refractivity contribution is -0.167. The van der Waals surface area contributed by atoms with Crippen molar-refractivity contribution in [3.05, 3.63) is 24.3 Å². The summed E-state index contributed by atoms with van der Waals surface area (Å²) in [5, 5.41) is 0. The van der Waals surface area contributed by atoms with Crippen molar-refractivity contribution in [1.29, 1.82) is 0 Å². The van der Waals surface area contributed by atoms with Crippen LogP contribution in [0.5, 0.6) is 0 Å². The molecule has 6 nitrogen and oxygen atoms in total. The molecule has 0 aromatic rings. The van der Waals surface area contributed by atoms with E-state index >= 15 is 0 Å². The van der Waals surface area contributed by atoms with Crippen molar-refractivity contribution in [3.63, 3.8) is 0 Å². The molecule has 0 saturated heterocycles. The maximum absolute atomic E-state index is 12.7. The van der Waals surface area contributed by atoms with Crippen molar-refractivity contribution in [2.45, 2.75) is 277 Å². The van der Waals surface area contributed by atoms with Crippen LogP contribution < -0.4 is 0 Å². The van der Waals surface area contributed by atoms with E-state index in [0.29, 0.717) is 19.3 Å². The highest BCUT2D eigenvalue weighted by Crippen LogP contribution is 2.16. The van der Waals surface area contributed by atoms with Crippen molar-refractivity contribution in [3.8, 4) is 0 Å². The molecule has 0 rings (SSSR count). The van der Waals surface area contributed by atoms with Crippen molar-refractivity contribution in [1.82, 2.24) is 0 Å². The molecule has 0 radical (unpaired) electrons. The van der Waals surface area contributed by atoms with Gasteiger partial charge in [-0.15, -0.1) is 0 Å². The Kier molecular flexibility index (Phi) is 45.8. The molecule has 0 aromatic heterocycles. The van der Waals surface area contributed by atoms with Crippen LogP contribution in [0.4, 0.5) is 0 Å². The maximum Gasteiger partial charge on any atom is 0.306 e. The molecular formula is C52H96O6. The van der Waals surface area contributed by atoms with Gasteiger partial charge in [0.15, 0.2) is 6.10 Å². The predicted molar refractivity (Wildman–Crippen MR) is 247 cm³/mol. The van der Waals surface area contributed by atoms with Crippen LogP contribution in [0.25, 0.3) is 0 Å². The van der Waals surface area contributed by atoms with Crippen LogP contribution >= 0.6 is 0 Å². The SMILES string of the molecule is CCCC/C=C\C=C/CCCCCC(=O)OC(COC(=O)CCCCCCCCCCCC)COC(=O)CCCCCCCCCCCCCCCCCCCCC. The van der Waals surface area contributed by atoms with Crippen molar-refractivity contribution < 1.29 is 28.6 Å². The molecule has 0 N–H and O–H groups in total. The number of unbranched alkanes of at least 4 members (excludes halogenated alkanes) is 32. The number of carbonyl (C=O) groups excluding carboxylic acids is 3. The minimum absolute atomic E-state index is 0.0776. The van der Waals surface area contributed by atoms with Gasteiger partial charge in [0.1, 0.15) is 13.2 Å². The Hall–Kier alpha value is -2.11. The van der Waals surface area contributed by atoms with Gasteiger partial charge in [-0.2, -0.15) is 0 Å². The van der Waals surface area contributed by atoms with E-state index in [0.717, 1.165) is 70.6 Å². The summed E-state index contributed by atoms with van der Waals surface area (Å²) in [7, 11) is 0. The van der Waals surface area contributed by atoms with Gasteiger partial charge in [-0.25, -0.2) is 0 Å². The molecule has 1 unspecified atom stereocenters. The number of hydrogen-bond acceptors (Lipinski definition) is 6. The predicted octanol–water partition coefficient (Wildman–Crippen LogP) is 16.4. The standard InChI is InChI=1S/C52H96O6/c1-4-7-10-13-16-19-22-23-24-25-26-27-28-29-31-33-36-39-42-45-51(54)57-48-49(47-56-50(53)44-41-38-35-32-21-18-15-12-9-6-3)58-52(55)46-43-40-37-34-30-20-17-14-11-8-5-2/h14,17,20,30,49H,4-13,15-16,18-19,21-29,31-48H2,1-3H3/b17-14-,30-20-. The summed E-state index contributed by atoms with van der Waals surface area (Å²) in [6, 6.07) is 0. The van der Waals surface area contributed by atoms with Crippen LogP contribution in [-0.2, 0) is 28.6 Å². The molecule has 0 aliphatic rings. The number of carbonyl (C=O) groups is 3. The van der Waals surface area contributed by atoms with E-state index in [4.69, 9.17) is 14.2 Å². The highest BCUT2D eigenvalue weighted by molar-refractivity contribution is 5.71. The second-order valence-corrected chi connectivity index (χ2v) is 17.1. The fourth-order valence-electron chi connectivity index (χ4n) is 7.36. The zero-order chi connectivity index (χ0) is 42.3. The van der Waals surface area contributed by atoms with E-state index in [2.05, 4.69) is 45.1 Å². The fraction of sp³-hybridized carbons (Fsp3) is 0.865. The molecule has 0 heterocycles. The van der Waals surface area contributed by atoms with Crippen LogP contribution in [-0.4, -0.2) is 37.2 Å². The molecule has 0 fully saturated rings. The third-order valence-corrected chi connectivity index (χ3v) is 11.2. The topological polar surface area (TPSA) is 78.9 Å². The fourth-order valence-corrected chi connectivity index (χ4v) is 7.36. The molecule has 0 amide bonds. The van der Waals surface area contributed by atoms with Crippen molar-refractivity contribution in [2.75, 3.05) is 13.2 Å². The molecule has 0 aliphatic carbocycles. The normalized spacial score (nSPS) is 12.1. The van der Waals surface area contributed by atoms with Gasteiger partial charge in [0.25, 0.3) is 0 Å². The van der Waals surface area contributed by atoms with Crippen LogP contribution in [0.1, 0.15) is 271 Å². The number of allylic oxidation sites excluding steroid dienone is 4. The zero-order valence-corrected chi connectivity index (χ0v) is 38.8. The lowest BCUT2D eigenvalue weighted by atomic mass is 10.0. The number of hydrogen-bond donors (Lipinski definition) is 0. The van der Waals surface area contributed by atoms with Gasteiger partial charge >= 0.3 is 17.9 Å². The quantitative estimate of drug-likeness (QED) is 0.0263. The Morgan fingerprint density at radius 1 is 0.345 bits per heavy atom. The number of rotatable bonds is 46. The van der Waals surface area contributed by atoms with Crippen molar-refractivity contribution in [2.24, 2.45) is 0 Å². The first-order valence-corrected chi connectivity index (χ1v) is 25.4. The van der Waals surface area contributed by atoms with Gasteiger partial charge in [0.05, 0.1) is 0 Å². The second-order valence-electron chi connectivity index (χ2n) is 17.1. The highest BCUT2D eigenvalue weighted by atomic mass is 16.6. The number of ether oxygens (including phenoxy) is 3. The molecule has 0 bridgehead atoms. The van der Waals surface area contributed by atoms with E-state index < -0.39 is 6.10 Å². The Labute approximate surface area is 360 Å². The third kappa shape index (κ3) is 45.0. The Morgan fingerprint density at radius 3 is 0.966 bits per heavy atom. The van der Waals surface area contributed by atoms with E-state index in [1.54, 1.807) is 0 Å². The summed E-state index contributed by atoms with van der Waals surface area (Å²) in [6.45, 7) is 6.57. The number of esters is 3. The molecule has 340 valence electrons. The van der Waals surface area contributed by atoms with Gasteiger partial charge in [-0.3, -0.25) is 14.4 Å². The highest BCUT2D eigenvalue weighted by Gasteiger charge is 2.19. The van der Waals surface area contributed by atoms with E-state index in [9.17, 15) is 14.4 Å². The summed E-state index contributed by atoms with van der Waals surface area (Å²) in [6.07, 6.45) is 53.1. The summed E-state index contributed by atoms with van der Waals surface area (Å²) < 4.78 is 16.7. The average Bonchev–Trinajstić information content (AvgIpc) is 3.22. The van der Waals surface area contributed by atoms with Gasteiger partial charge in [0, 0.05) is 19.3 Å². The van der Waals surface area contributed by atoms with Crippen LogP contribution in [0, 0.1) is 0 Å². The second kappa shape index (κ2) is 47.6. The molecular weight excluding hydrogens is 721 g/mol. The smallest absolute Gasteiger partial charge is 0.306 e. The molecule has 0 aliphatic heterocycles. The maximum atomic E-state index is 12.7. The van der Waals surface area contributed by atoms with Gasteiger partial charge in [-0.05, 0) is 38.5 Å². The summed E-state index contributed by atoms with van der Waals surface area (Å²) in [5.74, 6) is -0.896. The monoisotopic (exact) mass is 817 g/mol. The van der Waals surface area contributed by atoms with Crippen LogP contribution in [0.2, 0.25) is 0 Å². The first-order chi connectivity index (χ1) is 28.5. The van der Waals surface area contributed by atoms with Crippen LogP contribution in [0.15, 0.2) is 24.3 Å². The van der Waals surface area contributed by atoms with E-state index in [-0.39, 0.29) is 31.1 Å². The van der Waals surface area contributed by atoms with Gasteiger partial charge in [-0.1, -0.05) is 238 Å². The first-order valence-electron chi connectivity index (χ1n) is 25.4. The van der Waals surface area contributed by atoms with Gasteiger partial charge < -0.3 is 14.2 Å². The Bertz CT molecular complexity index is 942. The van der Waals surface area contributed by atoms with Gasteiger partial charge in [0.2, 0.25) is 0 Å². The van der Waals surface area contributed by atoms with E-state index in [1.807, 2.05) is 0 Å². The molecule has 0 saturated carbocycles. The lowest BCUT2D eigenvalue weighted by Gasteiger charge is -2.18. The molecule has 58 heavy (non-hydrogen) atoms. The molecule has 6 heteroatoms. The summed E-state index contributed by atoms with van der Waals surface area (Å²) >= 11 is 0. The average molecular weight is 817 g/mol. The zero-order valence-electron chi connectivity index (χ0n) is 38.8. The molecule has 0 spiro atoms. The largest absolute Gasteiger partial charge is 0.462 e. The minimum Gasteiger partial charge on any atom is -0.462 e. The third-order valence-electron chi connectivity index (χ3n) is 11.2. The minimum atomic E-state index is -0.777. The molecule has 0 aromatic carbocycles. The summed E-state index contributed by atoms with van der Waals surface area (Å²) in [5.41, 5.74) is 0. The Balaban J connectivity index is 4.25.